The van der Waals surface area contributed by atoms with E-state index in [4.69, 9.17) is 5.11 Å². The minimum absolute atomic E-state index is 0.0147. The highest BCUT2D eigenvalue weighted by Gasteiger charge is 2.18. The van der Waals surface area contributed by atoms with Crippen LogP contribution < -0.4 is 10.0 Å². The molecule has 1 aromatic rings. The predicted molar refractivity (Wildman–Crippen MR) is 76.5 cm³/mol. The standard InChI is InChI=1S/C13H20N2O4S/c1-3-14-7-4-8-15-20(18,19)12-9-11(13(16)17)6-5-10(12)2/h5-6,9,14-15H,3-4,7-8H2,1-2H3,(H,16,17). The molecule has 0 saturated heterocycles. The smallest absolute Gasteiger partial charge is 0.335 e. The molecule has 0 atom stereocenters. The number of rotatable bonds is 8. The van der Waals surface area contributed by atoms with Crippen molar-refractivity contribution >= 4 is 16.0 Å². The molecule has 6 nitrogen and oxygen atoms in total. The Balaban J connectivity index is 2.81. The van der Waals surface area contributed by atoms with Crippen molar-refractivity contribution in [1.82, 2.24) is 10.0 Å². The third-order valence-electron chi connectivity index (χ3n) is 2.80. The van der Waals surface area contributed by atoms with Gasteiger partial charge in [0, 0.05) is 6.54 Å². The lowest BCUT2D eigenvalue weighted by molar-refractivity contribution is 0.0696. The number of carbonyl (C=O) groups is 1. The average molecular weight is 300 g/mol. The van der Waals surface area contributed by atoms with E-state index in [9.17, 15) is 13.2 Å². The molecule has 0 saturated carbocycles. The molecule has 0 unspecified atom stereocenters. The number of carboxylic acids is 1. The molecule has 0 aromatic heterocycles. The fourth-order valence-corrected chi connectivity index (χ4v) is 3.04. The average Bonchev–Trinajstić information content (AvgIpc) is 2.38. The molecule has 3 N–H and O–H groups in total. The zero-order chi connectivity index (χ0) is 15.2. The van der Waals surface area contributed by atoms with Gasteiger partial charge in [-0.2, -0.15) is 0 Å². The number of hydrogen-bond acceptors (Lipinski definition) is 4. The molecule has 0 radical (unpaired) electrons. The van der Waals surface area contributed by atoms with E-state index in [1.165, 1.54) is 18.2 Å². The Hall–Kier alpha value is -1.44. The summed E-state index contributed by atoms with van der Waals surface area (Å²) in [4.78, 5) is 10.9. The van der Waals surface area contributed by atoms with Crippen LogP contribution in [0.1, 0.15) is 29.3 Å². The second-order valence-corrected chi connectivity index (χ2v) is 6.13. The van der Waals surface area contributed by atoms with Gasteiger partial charge in [0.05, 0.1) is 10.5 Å². The molecule has 1 aromatic carbocycles. The van der Waals surface area contributed by atoms with Crippen molar-refractivity contribution in [2.75, 3.05) is 19.6 Å². The number of aryl methyl sites for hydroxylation is 1. The Morgan fingerprint density at radius 2 is 2.00 bits per heavy atom. The van der Waals surface area contributed by atoms with Crippen LogP contribution in [-0.2, 0) is 10.0 Å². The minimum atomic E-state index is -3.68. The van der Waals surface area contributed by atoms with Crippen molar-refractivity contribution in [3.8, 4) is 0 Å². The summed E-state index contributed by atoms with van der Waals surface area (Å²) in [5.74, 6) is -1.14. The van der Waals surface area contributed by atoms with Gasteiger partial charge < -0.3 is 10.4 Å². The zero-order valence-corrected chi connectivity index (χ0v) is 12.5. The number of nitrogens with one attached hydrogen (secondary N) is 2. The summed E-state index contributed by atoms with van der Waals surface area (Å²) in [6.07, 6.45) is 0.671. The van der Waals surface area contributed by atoms with E-state index in [0.29, 0.717) is 18.5 Å². The number of carboxylic acid groups (broad SMARTS) is 1. The predicted octanol–water partition coefficient (Wildman–Crippen LogP) is 0.971. The van der Waals surface area contributed by atoms with Crippen molar-refractivity contribution in [2.24, 2.45) is 0 Å². The Morgan fingerprint density at radius 3 is 2.60 bits per heavy atom. The van der Waals surface area contributed by atoms with Crippen molar-refractivity contribution in [1.29, 1.82) is 0 Å². The van der Waals surface area contributed by atoms with E-state index in [2.05, 4.69) is 10.0 Å². The monoisotopic (exact) mass is 300 g/mol. The van der Waals surface area contributed by atoms with Gasteiger partial charge in [-0.15, -0.1) is 0 Å². The van der Waals surface area contributed by atoms with Gasteiger partial charge in [-0.1, -0.05) is 13.0 Å². The molecular weight excluding hydrogens is 280 g/mol. The van der Waals surface area contributed by atoms with Gasteiger partial charge in [0.25, 0.3) is 0 Å². The summed E-state index contributed by atoms with van der Waals surface area (Å²) in [7, 11) is -3.68. The number of benzene rings is 1. The maximum Gasteiger partial charge on any atom is 0.335 e. The van der Waals surface area contributed by atoms with Crippen LogP contribution in [0.4, 0.5) is 0 Å². The van der Waals surface area contributed by atoms with Crippen molar-refractivity contribution in [2.45, 2.75) is 25.2 Å². The van der Waals surface area contributed by atoms with Gasteiger partial charge >= 0.3 is 5.97 Å². The lowest BCUT2D eigenvalue weighted by atomic mass is 10.1. The van der Waals surface area contributed by atoms with E-state index in [-0.39, 0.29) is 10.5 Å². The summed E-state index contributed by atoms with van der Waals surface area (Å²) in [6, 6.07) is 4.07. The van der Waals surface area contributed by atoms with Crippen LogP contribution in [0.25, 0.3) is 0 Å². The van der Waals surface area contributed by atoms with Crippen LogP contribution in [0.15, 0.2) is 23.1 Å². The third kappa shape index (κ3) is 4.59. The molecule has 0 amide bonds. The van der Waals surface area contributed by atoms with Crippen LogP contribution in [0, 0.1) is 6.92 Å². The summed E-state index contributed by atoms with van der Waals surface area (Å²) in [6.45, 7) is 5.50. The molecule has 7 heteroatoms. The van der Waals surface area contributed by atoms with Crippen LogP contribution in [0.5, 0.6) is 0 Å². The molecular formula is C13H20N2O4S. The normalized spacial score (nSPS) is 11.5. The number of sulfonamides is 1. The Labute approximate surface area is 119 Å². The molecule has 0 aliphatic heterocycles. The van der Waals surface area contributed by atoms with E-state index in [0.717, 1.165) is 13.1 Å². The maximum atomic E-state index is 12.1. The largest absolute Gasteiger partial charge is 0.478 e. The van der Waals surface area contributed by atoms with E-state index >= 15 is 0 Å². The molecule has 20 heavy (non-hydrogen) atoms. The van der Waals surface area contributed by atoms with Crippen molar-refractivity contribution in [3.05, 3.63) is 29.3 Å². The summed E-state index contributed by atoms with van der Waals surface area (Å²) in [5.41, 5.74) is 0.484. The van der Waals surface area contributed by atoms with Crippen LogP contribution >= 0.6 is 0 Å². The first kappa shape index (κ1) is 16.6. The van der Waals surface area contributed by atoms with Gasteiger partial charge in [0.2, 0.25) is 10.0 Å². The molecule has 0 fully saturated rings. The molecule has 112 valence electrons. The van der Waals surface area contributed by atoms with E-state index < -0.39 is 16.0 Å². The second-order valence-electron chi connectivity index (χ2n) is 4.39. The molecule has 0 spiro atoms. The van der Waals surface area contributed by atoms with E-state index in [1.807, 2.05) is 6.92 Å². The Bertz CT molecular complexity index is 570. The first-order valence-corrected chi connectivity index (χ1v) is 7.91. The minimum Gasteiger partial charge on any atom is -0.478 e. The maximum absolute atomic E-state index is 12.1. The first-order chi connectivity index (χ1) is 9.38. The van der Waals surface area contributed by atoms with Gasteiger partial charge in [0.15, 0.2) is 0 Å². The van der Waals surface area contributed by atoms with Crippen LogP contribution in [-0.4, -0.2) is 39.1 Å². The highest BCUT2D eigenvalue weighted by atomic mass is 32.2. The van der Waals surface area contributed by atoms with Crippen molar-refractivity contribution < 1.29 is 18.3 Å². The third-order valence-corrected chi connectivity index (χ3v) is 4.40. The second kappa shape index (κ2) is 7.37. The number of hydrogen-bond donors (Lipinski definition) is 3. The fraction of sp³-hybridized carbons (Fsp3) is 0.462. The van der Waals surface area contributed by atoms with Gasteiger partial charge in [-0.25, -0.2) is 17.9 Å². The molecule has 1 rings (SSSR count). The fourth-order valence-electron chi connectivity index (χ4n) is 1.70. The zero-order valence-electron chi connectivity index (χ0n) is 11.6. The summed E-state index contributed by atoms with van der Waals surface area (Å²) in [5, 5.41) is 12.0. The Morgan fingerprint density at radius 1 is 1.30 bits per heavy atom. The van der Waals surface area contributed by atoms with Crippen molar-refractivity contribution in [3.63, 3.8) is 0 Å². The molecule has 0 aliphatic carbocycles. The molecule has 0 bridgehead atoms. The highest BCUT2D eigenvalue weighted by molar-refractivity contribution is 7.89. The summed E-state index contributed by atoms with van der Waals surface area (Å²) < 4.78 is 26.8. The Kier molecular flexibility index (Phi) is 6.12. The molecule has 0 aliphatic rings. The highest BCUT2D eigenvalue weighted by Crippen LogP contribution is 2.17. The van der Waals surface area contributed by atoms with E-state index in [1.54, 1.807) is 6.92 Å². The quantitative estimate of drug-likeness (QED) is 0.622. The SMILES string of the molecule is CCNCCCNS(=O)(=O)c1cc(C(=O)O)ccc1C. The van der Waals surface area contributed by atoms with Crippen LogP contribution in [0.2, 0.25) is 0 Å². The molecule has 0 heterocycles. The first-order valence-electron chi connectivity index (χ1n) is 6.43. The van der Waals surface area contributed by atoms with Crippen LogP contribution in [0.3, 0.4) is 0 Å². The lowest BCUT2D eigenvalue weighted by Gasteiger charge is -2.10. The lowest BCUT2D eigenvalue weighted by Crippen LogP contribution is -2.28. The number of aromatic carboxylic acids is 1. The summed E-state index contributed by atoms with van der Waals surface area (Å²) >= 11 is 0. The van der Waals surface area contributed by atoms with Gasteiger partial charge in [-0.05, 0) is 44.1 Å². The van der Waals surface area contributed by atoms with Gasteiger partial charge in [-0.3, -0.25) is 0 Å². The topological polar surface area (TPSA) is 95.5 Å². The van der Waals surface area contributed by atoms with Gasteiger partial charge in [0.1, 0.15) is 0 Å².